The van der Waals surface area contributed by atoms with E-state index in [2.05, 4.69) is 53.9 Å². The zero-order valence-corrected chi connectivity index (χ0v) is 23.2. The molecule has 0 amide bonds. The minimum atomic E-state index is -0.239. The average Bonchev–Trinajstić information content (AvgIpc) is 3.72. The van der Waals surface area contributed by atoms with Gasteiger partial charge in [0.15, 0.2) is 11.3 Å². The molecule has 0 radical (unpaired) electrons. The van der Waals surface area contributed by atoms with E-state index in [1.807, 2.05) is 10.9 Å². The molecule has 2 aliphatic heterocycles. The molecule has 0 bridgehead atoms. The highest BCUT2D eigenvalue weighted by molar-refractivity contribution is 5.85. The quantitative estimate of drug-likeness (QED) is 0.453. The van der Waals surface area contributed by atoms with E-state index in [9.17, 15) is 4.79 Å². The molecule has 3 aromatic heterocycles. The fraction of sp³-hybridized carbons (Fsp3) is 0.655. The van der Waals surface area contributed by atoms with Gasteiger partial charge in [-0.3, -0.25) is 14.5 Å². The maximum atomic E-state index is 13.0. The van der Waals surface area contributed by atoms with Crippen molar-refractivity contribution in [2.24, 2.45) is 7.05 Å². The van der Waals surface area contributed by atoms with E-state index in [1.165, 1.54) is 24.1 Å². The first-order valence-corrected chi connectivity index (χ1v) is 14.5. The molecule has 6 rings (SSSR count). The van der Waals surface area contributed by atoms with E-state index in [-0.39, 0.29) is 24.0 Å². The van der Waals surface area contributed by atoms with Gasteiger partial charge in [0, 0.05) is 62.7 Å². The molecule has 9 nitrogen and oxygen atoms in total. The molecule has 3 fully saturated rings. The lowest BCUT2D eigenvalue weighted by Crippen LogP contribution is -2.59. The van der Waals surface area contributed by atoms with E-state index in [4.69, 9.17) is 14.8 Å². The van der Waals surface area contributed by atoms with E-state index in [1.54, 1.807) is 11.6 Å². The Hall–Kier alpha value is -2.78. The molecule has 9 heteroatoms. The number of hydrogen-bond acceptors (Lipinski definition) is 7. The average molecular weight is 520 g/mol. The molecule has 0 N–H and O–H groups in total. The summed E-state index contributed by atoms with van der Waals surface area (Å²) in [5, 5.41) is 4.97. The van der Waals surface area contributed by atoms with Gasteiger partial charge < -0.3 is 9.64 Å². The van der Waals surface area contributed by atoms with Crippen LogP contribution < -0.4 is 10.6 Å². The summed E-state index contributed by atoms with van der Waals surface area (Å²) in [6.07, 6.45) is 11.6. The van der Waals surface area contributed by atoms with Crippen LogP contribution in [0.2, 0.25) is 0 Å². The number of rotatable bonds is 7. The Kier molecular flexibility index (Phi) is 6.99. The topological polar surface area (TPSA) is 81.3 Å². The summed E-state index contributed by atoms with van der Waals surface area (Å²) in [5.41, 5.74) is 3.88. The summed E-state index contributed by atoms with van der Waals surface area (Å²) in [7, 11) is 1.78. The van der Waals surface area contributed by atoms with Crippen molar-refractivity contribution in [2.45, 2.75) is 96.0 Å². The first kappa shape index (κ1) is 25.5. The van der Waals surface area contributed by atoms with Gasteiger partial charge in [0.1, 0.15) is 6.23 Å². The lowest BCUT2D eigenvalue weighted by atomic mass is 9.97. The first-order valence-electron chi connectivity index (χ1n) is 14.5. The predicted octanol–water partition coefficient (Wildman–Crippen LogP) is 4.54. The summed E-state index contributed by atoms with van der Waals surface area (Å²) < 4.78 is 9.52. The summed E-state index contributed by atoms with van der Waals surface area (Å²) in [6, 6.07) is 5.34. The van der Waals surface area contributed by atoms with Crippen molar-refractivity contribution in [1.29, 1.82) is 0 Å². The molecule has 0 spiro atoms. The Bertz CT molecular complexity index is 1320. The van der Waals surface area contributed by atoms with E-state index < -0.39 is 0 Å². The summed E-state index contributed by atoms with van der Waals surface area (Å²) in [6.45, 7) is 9.26. The maximum Gasteiger partial charge on any atom is 0.349 e. The second-order valence-electron chi connectivity index (χ2n) is 11.4. The van der Waals surface area contributed by atoms with Crippen LogP contribution in [0.5, 0.6) is 0 Å². The highest BCUT2D eigenvalue weighted by Gasteiger charge is 2.37. The second kappa shape index (κ2) is 10.4. The molecule has 4 atom stereocenters. The van der Waals surface area contributed by atoms with Crippen molar-refractivity contribution in [2.75, 3.05) is 24.6 Å². The molecule has 3 aliphatic rings. The fourth-order valence-corrected chi connectivity index (χ4v) is 6.28. The van der Waals surface area contributed by atoms with Crippen molar-refractivity contribution in [1.82, 2.24) is 29.2 Å². The van der Waals surface area contributed by atoms with Crippen molar-refractivity contribution in [3.63, 3.8) is 0 Å². The van der Waals surface area contributed by atoms with Gasteiger partial charge in [-0.15, -0.1) is 0 Å². The van der Waals surface area contributed by atoms with Crippen LogP contribution in [0, 0.1) is 0 Å². The van der Waals surface area contributed by atoms with Gasteiger partial charge in [-0.2, -0.15) is 10.1 Å². The third-order valence-electron chi connectivity index (χ3n) is 8.96. The summed E-state index contributed by atoms with van der Waals surface area (Å²) in [5.74, 6) is 1.39. The number of pyridine rings is 1. The maximum absolute atomic E-state index is 13.0. The van der Waals surface area contributed by atoms with Crippen LogP contribution in [-0.2, 0) is 11.8 Å². The van der Waals surface area contributed by atoms with Crippen LogP contribution in [0.3, 0.4) is 0 Å². The van der Waals surface area contributed by atoms with E-state index in [0.717, 1.165) is 62.8 Å². The zero-order chi connectivity index (χ0) is 26.4. The number of aromatic nitrogens is 5. The van der Waals surface area contributed by atoms with Crippen molar-refractivity contribution in [3.8, 4) is 0 Å². The standard InChI is InChI=1S/C29H41N7O2/c1-5-22-17-35(23(6-2)16-34(22)19(3)21-12-13-24(30-15-21)20-10-11-20)28-27-25(33(4)29(37)31-28)18-36(32-27)26-9-7-8-14-38-26/h12-13,15,18-20,22-23,26H,5-11,14,16-17H2,1-4H3/t19?,22-,23+,26?/m1/s1. The lowest BCUT2D eigenvalue weighted by molar-refractivity contribution is -0.0390. The number of ether oxygens (including phenoxy) is 1. The third-order valence-corrected chi connectivity index (χ3v) is 8.96. The van der Waals surface area contributed by atoms with Gasteiger partial charge in [-0.1, -0.05) is 19.9 Å². The van der Waals surface area contributed by atoms with Gasteiger partial charge >= 0.3 is 5.69 Å². The van der Waals surface area contributed by atoms with Crippen LogP contribution in [0.4, 0.5) is 5.82 Å². The highest BCUT2D eigenvalue weighted by Crippen LogP contribution is 2.39. The lowest BCUT2D eigenvalue weighted by Gasteiger charge is -2.49. The van der Waals surface area contributed by atoms with Crippen molar-refractivity contribution < 1.29 is 4.74 Å². The van der Waals surface area contributed by atoms with E-state index >= 15 is 0 Å². The molecule has 2 saturated heterocycles. The highest BCUT2D eigenvalue weighted by atomic mass is 16.5. The third kappa shape index (κ3) is 4.64. The van der Waals surface area contributed by atoms with Crippen LogP contribution in [-0.4, -0.2) is 61.0 Å². The number of hydrogen-bond donors (Lipinski definition) is 0. The Morgan fingerprint density at radius 2 is 1.89 bits per heavy atom. The molecule has 2 unspecified atom stereocenters. The van der Waals surface area contributed by atoms with Crippen LogP contribution in [0.1, 0.15) is 95.2 Å². The normalized spacial score (nSPS) is 25.7. The van der Waals surface area contributed by atoms with Crippen LogP contribution in [0.15, 0.2) is 29.3 Å². The van der Waals surface area contributed by atoms with Gasteiger partial charge in [-0.05, 0) is 63.5 Å². The van der Waals surface area contributed by atoms with Gasteiger partial charge in [0.05, 0.1) is 11.7 Å². The molecule has 0 aromatic carbocycles. The number of nitrogens with zero attached hydrogens (tertiary/aromatic N) is 7. The monoisotopic (exact) mass is 519 g/mol. The van der Waals surface area contributed by atoms with Gasteiger partial charge in [0.2, 0.25) is 0 Å². The minimum Gasteiger partial charge on any atom is -0.357 e. The first-order chi connectivity index (χ1) is 18.5. The number of fused-ring (bicyclic) bond motifs is 1. The fourth-order valence-electron chi connectivity index (χ4n) is 6.28. The van der Waals surface area contributed by atoms with Crippen molar-refractivity contribution >= 4 is 16.9 Å². The molecule has 5 heterocycles. The summed E-state index contributed by atoms with van der Waals surface area (Å²) >= 11 is 0. The van der Waals surface area contributed by atoms with Crippen molar-refractivity contribution in [3.05, 3.63) is 46.3 Å². The Labute approximate surface area is 224 Å². The summed E-state index contributed by atoms with van der Waals surface area (Å²) in [4.78, 5) is 27.4. The number of anilines is 1. The molecule has 1 aliphatic carbocycles. The Morgan fingerprint density at radius 3 is 2.55 bits per heavy atom. The number of aryl methyl sites for hydroxylation is 1. The van der Waals surface area contributed by atoms with Crippen LogP contribution >= 0.6 is 0 Å². The zero-order valence-electron chi connectivity index (χ0n) is 23.2. The largest absolute Gasteiger partial charge is 0.357 e. The minimum absolute atomic E-state index is 0.0814. The molecular weight excluding hydrogens is 478 g/mol. The molecule has 1 saturated carbocycles. The Morgan fingerprint density at radius 1 is 1.08 bits per heavy atom. The Balaban J connectivity index is 1.31. The predicted molar refractivity (Wildman–Crippen MR) is 148 cm³/mol. The second-order valence-corrected chi connectivity index (χ2v) is 11.4. The van der Waals surface area contributed by atoms with E-state index in [0.29, 0.717) is 17.8 Å². The van der Waals surface area contributed by atoms with Crippen LogP contribution in [0.25, 0.3) is 11.0 Å². The molecular formula is C29H41N7O2. The number of piperazine rings is 1. The van der Waals surface area contributed by atoms with Gasteiger partial charge in [0.25, 0.3) is 0 Å². The van der Waals surface area contributed by atoms with Gasteiger partial charge in [-0.25, -0.2) is 9.48 Å². The molecule has 3 aromatic rings. The molecule has 38 heavy (non-hydrogen) atoms. The smallest absolute Gasteiger partial charge is 0.349 e. The SMILES string of the molecule is CC[C@H]1CN(C(C)c2ccc(C3CC3)nc2)[C@H](CC)CN1c1nc(=O)n(C)c2cn(C3CCCCO3)nc12. The molecule has 204 valence electrons.